The van der Waals surface area contributed by atoms with E-state index in [9.17, 15) is 0 Å². The van der Waals surface area contributed by atoms with Gasteiger partial charge in [-0.2, -0.15) is 0 Å². The highest BCUT2D eigenvalue weighted by Crippen LogP contribution is 2.17. The molecular weight excluding hydrogens is 135 g/mol. The Labute approximate surface area is 51.4 Å². The third kappa shape index (κ3) is 6.86. The van der Waals surface area contributed by atoms with Crippen molar-refractivity contribution in [1.29, 1.82) is 0 Å². The van der Waals surface area contributed by atoms with Gasteiger partial charge in [0.25, 0.3) is 0 Å². The first kappa shape index (κ1) is 7.86. The van der Waals surface area contributed by atoms with Gasteiger partial charge in [-0.05, 0) is 0 Å². The second-order valence-electron chi connectivity index (χ2n) is 2.12. The molecule has 7 heavy (non-hydrogen) atoms. The maximum absolute atomic E-state index is 2.40. The third-order valence-corrected chi connectivity index (χ3v) is 13.5. The smallest absolute Gasteiger partial charge is 0.0651 e. The third-order valence-electron chi connectivity index (χ3n) is 0.500. The van der Waals surface area contributed by atoms with Gasteiger partial charge in [-0.15, -0.1) is 7.68 Å². The maximum Gasteiger partial charge on any atom is 0.0651 e. The summed E-state index contributed by atoms with van der Waals surface area (Å²) in [6.07, 6.45) is 0. The second kappa shape index (κ2) is 3.82. The van der Waals surface area contributed by atoms with E-state index in [1.165, 1.54) is 7.68 Å². The minimum atomic E-state index is 0.139. The Morgan fingerprint density at radius 3 is 1.14 bits per heavy atom. The zero-order chi connectivity index (χ0) is 5.86. The number of rotatable bonds is 2. The van der Waals surface area contributed by atoms with Crippen LogP contribution in [0.15, 0.2) is 0 Å². The standard InChI is InChI=1S/C4H13PSi2/c1-6(2)5-7(3)4/h5H,1-4H3. The molecule has 0 aromatic carbocycles. The van der Waals surface area contributed by atoms with Crippen LogP contribution in [-0.4, -0.2) is 16.9 Å². The van der Waals surface area contributed by atoms with Crippen LogP contribution in [0.25, 0.3) is 0 Å². The molecule has 2 radical (unpaired) electrons. The minimum Gasteiger partial charge on any atom is -0.148 e. The minimum absolute atomic E-state index is 0.139. The quantitative estimate of drug-likeness (QED) is 0.416. The normalized spacial score (nSPS) is 11.1. The Morgan fingerprint density at radius 2 is 1.14 bits per heavy atom. The molecule has 0 unspecified atom stereocenters. The molecule has 0 rings (SSSR count). The highest BCUT2D eigenvalue weighted by molar-refractivity contribution is 8.00. The Kier molecular flexibility index (Phi) is 4.29. The van der Waals surface area contributed by atoms with Gasteiger partial charge in [0.05, 0.1) is 16.9 Å². The highest BCUT2D eigenvalue weighted by Gasteiger charge is 1.98. The largest absolute Gasteiger partial charge is 0.148 e. The molecule has 0 spiro atoms. The van der Waals surface area contributed by atoms with Crippen molar-refractivity contribution in [3.63, 3.8) is 0 Å². The first-order valence-electron chi connectivity index (χ1n) is 2.50. The van der Waals surface area contributed by atoms with Crippen LogP contribution in [0.5, 0.6) is 0 Å². The van der Waals surface area contributed by atoms with E-state index in [0.29, 0.717) is 0 Å². The lowest BCUT2D eigenvalue weighted by atomic mass is 11.9. The van der Waals surface area contributed by atoms with Gasteiger partial charge in [-0.3, -0.25) is 0 Å². The second-order valence-corrected chi connectivity index (χ2v) is 15.4. The van der Waals surface area contributed by atoms with Gasteiger partial charge < -0.3 is 0 Å². The fourth-order valence-electron chi connectivity index (χ4n) is 0.500. The lowest BCUT2D eigenvalue weighted by Gasteiger charge is -2.02. The van der Waals surface area contributed by atoms with Gasteiger partial charge in [0, 0.05) is 0 Å². The zero-order valence-electron chi connectivity index (χ0n) is 5.50. The molecule has 0 bridgehead atoms. The van der Waals surface area contributed by atoms with Gasteiger partial charge in [0.2, 0.25) is 0 Å². The number of hydrogen-bond acceptors (Lipinski definition) is 0. The zero-order valence-corrected chi connectivity index (χ0v) is 8.50. The van der Waals surface area contributed by atoms with Crippen LogP contribution in [0.3, 0.4) is 0 Å². The van der Waals surface area contributed by atoms with Crippen LogP contribution in [0.4, 0.5) is 0 Å². The van der Waals surface area contributed by atoms with Crippen molar-refractivity contribution in [2.75, 3.05) is 0 Å². The van der Waals surface area contributed by atoms with Crippen molar-refractivity contribution < 1.29 is 0 Å². The van der Waals surface area contributed by atoms with Crippen LogP contribution in [0.1, 0.15) is 0 Å². The van der Waals surface area contributed by atoms with Crippen molar-refractivity contribution in [2.24, 2.45) is 0 Å². The predicted molar refractivity (Wildman–Crippen MR) is 43.3 cm³/mol. The summed E-state index contributed by atoms with van der Waals surface area (Å²) in [5.41, 5.74) is 0. The first-order chi connectivity index (χ1) is 3.13. The molecule has 3 heteroatoms. The first-order valence-corrected chi connectivity index (χ1v) is 10.5. The van der Waals surface area contributed by atoms with Crippen LogP contribution < -0.4 is 0 Å². The lowest BCUT2D eigenvalue weighted by molar-refractivity contribution is 2.08. The Bertz CT molecular complexity index is 39.0. The van der Waals surface area contributed by atoms with Gasteiger partial charge in [0.15, 0.2) is 0 Å². The summed E-state index contributed by atoms with van der Waals surface area (Å²) in [5, 5.41) is 0. The summed E-state index contributed by atoms with van der Waals surface area (Å²) in [5.74, 6) is 0. The van der Waals surface area contributed by atoms with Gasteiger partial charge >= 0.3 is 0 Å². The average Bonchev–Trinajstić information content (AvgIpc) is 1.27. The molecule has 0 aliphatic heterocycles. The van der Waals surface area contributed by atoms with E-state index in [2.05, 4.69) is 26.2 Å². The SMILES string of the molecule is C[Si](C)P[Si](C)C. The van der Waals surface area contributed by atoms with Crippen molar-refractivity contribution in [1.82, 2.24) is 0 Å². The van der Waals surface area contributed by atoms with E-state index in [1.54, 1.807) is 0 Å². The fraction of sp³-hybridized carbons (Fsp3) is 1.00. The van der Waals surface area contributed by atoms with E-state index in [0.717, 1.165) is 0 Å². The van der Waals surface area contributed by atoms with Crippen LogP contribution in [-0.2, 0) is 0 Å². The van der Waals surface area contributed by atoms with E-state index in [4.69, 9.17) is 0 Å². The van der Waals surface area contributed by atoms with Crippen molar-refractivity contribution in [3.05, 3.63) is 0 Å². The monoisotopic (exact) mass is 148 g/mol. The van der Waals surface area contributed by atoms with Crippen LogP contribution in [0, 0.1) is 0 Å². The average molecular weight is 148 g/mol. The molecule has 0 fully saturated rings. The summed E-state index contributed by atoms with van der Waals surface area (Å²) in [7, 11) is 1.63. The van der Waals surface area contributed by atoms with Gasteiger partial charge in [-0.25, -0.2) is 0 Å². The lowest BCUT2D eigenvalue weighted by Crippen LogP contribution is -1.99. The highest BCUT2D eigenvalue weighted by atomic mass is 31.6. The molecule has 0 atom stereocenters. The molecule has 0 amide bonds. The van der Waals surface area contributed by atoms with E-state index in [-0.39, 0.29) is 16.9 Å². The Morgan fingerprint density at radius 1 is 0.857 bits per heavy atom. The van der Waals surface area contributed by atoms with E-state index >= 15 is 0 Å². The van der Waals surface area contributed by atoms with E-state index in [1.807, 2.05) is 0 Å². The molecule has 0 heterocycles. The molecule has 0 aliphatic carbocycles. The Hall–Kier alpha value is 0.864. The van der Waals surface area contributed by atoms with Crippen molar-refractivity contribution in [3.8, 4) is 0 Å². The van der Waals surface area contributed by atoms with Crippen molar-refractivity contribution in [2.45, 2.75) is 26.2 Å². The molecule has 0 saturated heterocycles. The maximum atomic E-state index is 2.40. The summed E-state index contributed by atoms with van der Waals surface area (Å²) in [6.45, 7) is 9.61. The molecule has 0 N–H and O–H groups in total. The summed E-state index contributed by atoms with van der Waals surface area (Å²) in [4.78, 5) is 0. The van der Waals surface area contributed by atoms with Gasteiger partial charge in [-0.1, -0.05) is 26.2 Å². The molecule has 0 nitrogen and oxygen atoms in total. The van der Waals surface area contributed by atoms with Crippen LogP contribution in [0.2, 0.25) is 26.2 Å². The van der Waals surface area contributed by atoms with Crippen LogP contribution >= 0.6 is 7.68 Å². The topological polar surface area (TPSA) is 0 Å². The molecule has 42 valence electrons. The molecule has 0 saturated carbocycles. The summed E-state index contributed by atoms with van der Waals surface area (Å²) in [6, 6.07) is 0. The van der Waals surface area contributed by atoms with E-state index < -0.39 is 0 Å². The van der Waals surface area contributed by atoms with Gasteiger partial charge in [0.1, 0.15) is 0 Å². The summed E-state index contributed by atoms with van der Waals surface area (Å²) < 4.78 is 0. The molecular formula is C4H13PSi2. The Balaban J connectivity index is 2.95. The fourth-order valence-corrected chi connectivity index (χ4v) is 13.5. The molecule has 0 aromatic rings. The summed E-state index contributed by atoms with van der Waals surface area (Å²) >= 11 is 0. The van der Waals surface area contributed by atoms with Crippen molar-refractivity contribution >= 4 is 24.6 Å². The molecule has 0 aliphatic rings. The predicted octanol–water partition coefficient (Wildman–Crippen LogP) is 2.17. The number of hydrogen-bond donors (Lipinski definition) is 0. The molecule has 0 aromatic heterocycles.